The number of amides is 1. The number of ether oxygens (including phenoxy) is 1. The molecule has 4 aromatic rings. The first kappa shape index (κ1) is 19.3. The Bertz CT molecular complexity index is 1180. The lowest BCUT2D eigenvalue weighted by molar-refractivity contribution is -0.141. The quantitative estimate of drug-likeness (QED) is 0.533. The standard InChI is InChI=1S/C19H13F3N6O2/c20-19(21,22)11-28-14-4-1-5-15(30-12-3-2-6-23-9-12)16(14)17(27-28)26-18(29)13-10-24-7-8-25-13/h1-10H,11H2,(H,26,27,29). The van der Waals surface area contributed by atoms with E-state index in [1.54, 1.807) is 24.4 Å². The zero-order valence-electron chi connectivity index (χ0n) is 15.2. The Morgan fingerprint density at radius 1 is 1.07 bits per heavy atom. The number of nitrogens with one attached hydrogen (secondary N) is 1. The summed E-state index contributed by atoms with van der Waals surface area (Å²) in [5.41, 5.74) is 0.129. The van der Waals surface area contributed by atoms with Crippen LogP contribution in [0.1, 0.15) is 10.5 Å². The largest absolute Gasteiger partial charge is 0.455 e. The van der Waals surface area contributed by atoms with E-state index in [4.69, 9.17) is 4.74 Å². The van der Waals surface area contributed by atoms with Gasteiger partial charge in [0, 0.05) is 18.6 Å². The van der Waals surface area contributed by atoms with Crippen molar-refractivity contribution in [1.29, 1.82) is 0 Å². The maximum atomic E-state index is 13.0. The number of benzene rings is 1. The third-order valence-electron chi connectivity index (χ3n) is 3.96. The van der Waals surface area contributed by atoms with Gasteiger partial charge in [-0.1, -0.05) is 6.07 Å². The molecule has 0 saturated carbocycles. The Balaban J connectivity index is 1.79. The fraction of sp³-hybridized carbons (Fsp3) is 0.105. The first-order valence-electron chi connectivity index (χ1n) is 8.62. The van der Waals surface area contributed by atoms with E-state index >= 15 is 0 Å². The third-order valence-corrected chi connectivity index (χ3v) is 3.96. The summed E-state index contributed by atoms with van der Waals surface area (Å²) in [5, 5.41) is 6.67. The zero-order chi connectivity index (χ0) is 21.1. The number of halogens is 3. The van der Waals surface area contributed by atoms with Crippen molar-refractivity contribution >= 4 is 22.6 Å². The Hall–Kier alpha value is -4.02. The van der Waals surface area contributed by atoms with E-state index in [0.717, 1.165) is 4.68 Å². The number of fused-ring (bicyclic) bond motifs is 1. The van der Waals surface area contributed by atoms with Crippen molar-refractivity contribution in [3.05, 3.63) is 67.0 Å². The summed E-state index contributed by atoms with van der Waals surface area (Å²) in [7, 11) is 0. The number of carbonyl (C=O) groups is 1. The highest BCUT2D eigenvalue weighted by molar-refractivity contribution is 6.08. The van der Waals surface area contributed by atoms with Gasteiger partial charge in [0.25, 0.3) is 5.91 Å². The summed E-state index contributed by atoms with van der Waals surface area (Å²) in [5.74, 6) is -0.176. The van der Waals surface area contributed by atoms with Crippen LogP contribution in [0, 0.1) is 0 Å². The lowest BCUT2D eigenvalue weighted by Gasteiger charge is -2.09. The molecule has 0 fully saturated rings. The van der Waals surface area contributed by atoms with Crippen molar-refractivity contribution in [1.82, 2.24) is 24.7 Å². The van der Waals surface area contributed by atoms with Crippen LogP contribution in [0.2, 0.25) is 0 Å². The summed E-state index contributed by atoms with van der Waals surface area (Å²) < 4.78 is 45.7. The number of hydrogen-bond acceptors (Lipinski definition) is 6. The smallest absolute Gasteiger partial charge is 0.408 e. The van der Waals surface area contributed by atoms with Crippen molar-refractivity contribution in [3.8, 4) is 11.5 Å². The summed E-state index contributed by atoms with van der Waals surface area (Å²) in [4.78, 5) is 24.1. The molecule has 1 aromatic carbocycles. The first-order chi connectivity index (χ1) is 14.4. The van der Waals surface area contributed by atoms with Crippen molar-refractivity contribution in [3.63, 3.8) is 0 Å². The van der Waals surface area contributed by atoms with Gasteiger partial charge in [-0.15, -0.1) is 0 Å². The second kappa shape index (κ2) is 7.78. The van der Waals surface area contributed by atoms with Gasteiger partial charge in [-0.3, -0.25) is 19.4 Å². The van der Waals surface area contributed by atoms with Gasteiger partial charge in [0.05, 0.1) is 23.3 Å². The topological polar surface area (TPSA) is 94.8 Å². The number of nitrogens with zero attached hydrogens (tertiary/aromatic N) is 5. The molecule has 0 atom stereocenters. The fourth-order valence-electron chi connectivity index (χ4n) is 2.78. The molecular weight excluding hydrogens is 401 g/mol. The molecule has 0 radical (unpaired) electrons. The molecule has 4 rings (SSSR count). The van der Waals surface area contributed by atoms with Crippen LogP contribution >= 0.6 is 0 Å². The van der Waals surface area contributed by atoms with Gasteiger partial charge in [-0.25, -0.2) is 4.98 Å². The van der Waals surface area contributed by atoms with Gasteiger partial charge >= 0.3 is 6.18 Å². The molecule has 152 valence electrons. The van der Waals surface area contributed by atoms with Crippen molar-refractivity contribution in [2.24, 2.45) is 0 Å². The van der Waals surface area contributed by atoms with E-state index < -0.39 is 18.6 Å². The predicted molar refractivity (Wildman–Crippen MR) is 100 cm³/mol. The predicted octanol–water partition coefficient (Wildman–Crippen LogP) is 3.83. The van der Waals surface area contributed by atoms with E-state index in [2.05, 4.69) is 25.4 Å². The van der Waals surface area contributed by atoms with Gasteiger partial charge in [0.1, 0.15) is 23.7 Å². The monoisotopic (exact) mass is 414 g/mol. The summed E-state index contributed by atoms with van der Waals surface area (Å²) in [6, 6.07) is 7.86. The van der Waals surface area contributed by atoms with E-state index in [0.29, 0.717) is 5.75 Å². The minimum atomic E-state index is -4.51. The van der Waals surface area contributed by atoms with Crippen LogP contribution < -0.4 is 10.1 Å². The molecule has 0 bridgehead atoms. The van der Waals surface area contributed by atoms with Crippen LogP contribution in [-0.4, -0.2) is 36.8 Å². The number of carbonyl (C=O) groups excluding carboxylic acids is 1. The average Bonchev–Trinajstić information content (AvgIpc) is 3.06. The first-order valence-corrected chi connectivity index (χ1v) is 8.62. The maximum absolute atomic E-state index is 13.0. The van der Waals surface area contributed by atoms with Gasteiger partial charge in [-0.2, -0.15) is 18.3 Å². The number of rotatable bonds is 5. The fourth-order valence-corrected chi connectivity index (χ4v) is 2.78. The molecular formula is C19H13F3N6O2. The van der Waals surface area contributed by atoms with Gasteiger partial charge < -0.3 is 10.1 Å². The second-order valence-corrected chi connectivity index (χ2v) is 6.11. The minimum Gasteiger partial charge on any atom is -0.455 e. The van der Waals surface area contributed by atoms with Crippen LogP contribution in [0.25, 0.3) is 10.9 Å². The van der Waals surface area contributed by atoms with Crippen LogP contribution in [0.15, 0.2) is 61.3 Å². The van der Waals surface area contributed by atoms with Crippen LogP contribution in [0.3, 0.4) is 0 Å². The molecule has 8 nitrogen and oxygen atoms in total. The Morgan fingerprint density at radius 3 is 2.60 bits per heavy atom. The molecule has 0 aliphatic heterocycles. The molecule has 0 aliphatic rings. The Kier molecular flexibility index (Phi) is 5.00. The molecule has 0 aliphatic carbocycles. The molecule has 3 heterocycles. The molecule has 1 amide bonds. The molecule has 0 saturated heterocycles. The van der Waals surface area contributed by atoms with Crippen LogP contribution in [-0.2, 0) is 6.54 Å². The molecule has 30 heavy (non-hydrogen) atoms. The maximum Gasteiger partial charge on any atom is 0.408 e. The normalized spacial score (nSPS) is 11.4. The SMILES string of the molecule is O=C(Nc1nn(CC(F)(F)F)c2cccc(Oc3cccnc3)c12)c1cnccn1. The van der Waals surface area contributed by atoms with Gasteiger partial charge in [-0.05, 0) is 24.3 Å². The second-order valence-electron chi connectivity index (χ2n) is 6.11. The summed E-state index contributed by atoms with van der Waals surface area (Å²) in [6.45, 7) is -1.33. The number of alkyl halides is 3. The summed E-state index contributed by atoms with van der Waals surface area (Å²) in [6.07, 6.45) is 2.46. The highest BCUT2D eigenvalue weighted by Crippen LogP contribution is 2.36. The highest BCUT2D eigenvalue weighted by Gasteiger charge is 2.31. The van der Waals surface area contributed by atoms with Crippen molar-refractivity contribution in [2.45, 2.75) is 12.7 Å². The highest BCUT2D eigenvalue weighted by atomic mass is 19.4. The number of anilines is 1. The van der Waals surface area contributed by atoms with E-state index in [1.165, 1.54) is 36.9 Å². The number of hydrogen-bond donors (Lipinski definition) is 1. The number of aromatic nitrogens is 5. The van der Waals surface area contributed by atoms with Crippen molar-refractivity contribution < 1.29 is 22.7 Å². The van der Waals surface area contributed by atoms with Gasteiger partial charge in [0.15, 0.2) is 5.82 Å². The lowest BCUT2D eigenvalue weighted by Crippen LogP contribution is -2.19. The van der Waals surface area contributed by atoms with E-state index in [-0.39, 0.29) is 28.2 Å². The molecule has 0 spiro atoms. The Labute approximate surface area is 167 Å². The van der Waals surface area contributed by atoms with Crippen LogP contribution in [0.4, 0.5) is 19.0 Å². The van der Waals surface area contributed by atoms with Crippen LogP contribution in [0.5, 0.6) is 11.5 Å². The Morgan fingerprint density at radius 2 is 1.90 bits per heavy atom. The molecule has 1 N–H and O–H groups in total. The van der Waals surface area contributed by atoms with Crippen molar-refractivity contribution in [2.75, 3.05) is 5.32 Å². The minimum absolute atomic E-state index is 0.0123. The summed E-state index contributed by atoms with van der Waals surface area (Å²) >= 11 is 0. The molecule has 3 aromatic heterocycles. The third kappa shape index (κ3) is 4.19. The zero-order valence-corrected chi connectivity index (χ0v) is 15.2. The lowest BCUT2D eigenvalue weighted by atomic mass is 10.2. The number of pyridine rings is 1. The molecule has 11 heteroatoms. The molecule has 0 unspecified atom stereocenters. The van der Waals surface area contributed by atoms with Gasteiger partial charge in [0.2, 0.25) is 0 Å². The van der Waals surface area contributed by atoms with E-state index in [9.17, 15) is 18.0 Å². The van der Waals surface area contributed by atoms with E-state index in [1.807, 2.05) is 0 Å². The average molecular weight is 414 g/mol.